The van der Waals surface area contributed by atoms with E-state index in [2.05, 4.69) is 16.0 Å². The predicted octanol–water partition coefficient (Wildman–Crippen LogP) is 4.37. The highest BCUT2D eigenvalue weighted by atomic mass is 16.5. The van der Waals surface area contributed by atoms with E-state index in [0.29, 0.717) is 28.3 Å². The zero-order chi connectivity index (χ0) is 19.7. The molecule has 2 heterocycles. The number of nitrogens with two attached hydrogens (primary N) is 1. The summed E-state index contributed by atoms with van der Waals surface area (Å²) in [5, 5.41) is 10.7. The van der Waals surface area contributed by atoms with E-state index in [1.54, 1.807) is 14.2 Å². The highest BCUT2D eigenvalue weighted by molar-refractivity contribution is 5.98. The molecule has 0 amide bonds. The van der Waals surface area contributed by atoms with Crippen molar-refractivity contribution in [1.82, 2.24) is 9.97 Å². The number of nitrogens with one attached hydrogen (secondary N) is 1. The van der Waals surface area contributed by atoms with E-state index in [-0.39, 0.29) is 5.82 Å². The van der Waals surface area contributed by atoms with Crippen LogP contribution >= 0.6 is 0 Å². The van der Waals surface area contributed by atoms with Gasteiger partial charge in [0.2, 0.25) is 0 Å². The Bertz CT molecular complexity index is 1220. The Kier molecular flexibility index (Phi) is 4.34. The molecule has 0 bridgehead atoms. The van der Waals surface area contributed by atoms with Crippen molar-refractivity contribution in [2.24, 2.45) is 0 Å². The van der Waals surface area contributed by atoms with Crippen LogP contribution in [0.25, 0.3) is 33.3 Å². The molecular weight excluding hydrogens is 352 g/mol. The molecule has 4 rings (SSSR count). The monoisotopic (exact) mass is 370 g/mol. The molecule has 0 saturated carbocycles. The Morgan fingerprint density at radius 2 is 1.82 bits per heavy atom. The third kappa shape index (κ3) is 2.70. The van der Waals surface area contributed by atoms with E-state index in [1.807, 2.05) is 54.7 Å². The van der Waals surface area contributed by atoms with E-state index < -0.39 is 0 Å². The summed E-state index contributed by atoms with van der Waals surface area (Å²) in [5.41, 5.74) is 10.4. The van der Waals surface area contributed by atoms with Crippen LogP contribution in [0.15, 0.2) is 54.7 Å². The lowest BCUT2D eigenvalue weighted by Crippen LogP contribution is -2.01. The van der Waals surface area contributed by atoms with Crippen LogP contribution in [0.4, 0.5) is 5.82 Å². The number of nitrogens with zero attached hydrogens (tertiary/aromatic N) is 2. The van der Waals surface area contributed by atoms with Gasteiger partial charge in [0, 0.05) is 33.8 Å². The van der Waals surface area contributed by atoms with Crippen molar-refractivity contribution in [3.05, 3.63) is 60.3 Å². The number of ether oxygens (including phenoxy) is 2. The summed E-state index contributed by atoms with van der Waals surface area (Å²) in [5.74, 6) is 1.33. The minimum Gasteiger partial charge on any atom is -0.493 e. The number of nitriles is 1. The second-order valence-electron chi connectivity index (χ2n) is 6.22. The van der Waals surface area contributed by atoms with E-state index >= 15 is 0 Å². The van der Waals surface area contributed by atoms with Gasteiger partial charge in [0.15, 0.2) is 11.5 Å². The molecule has 4 aromatic rings. The molecule has 28 heavy (non-hydrogen) atoms. The first-order valence-corrected chi connectivity index (χ1v) is 8.66. The van der Waals surface area contributed by atoms with Crippen LogP contribution in [-0.4, -0.2) is 24.2 Å². The molecule has 138 valence electrons. The van der Waals surface area contributed by atoms with Crippen LogP contribution in [0, 0.1) is 11.3 Å². The van der Waals surface area contributed by atoms with Gasteiger partial charge in [-0.25, -0.2) is 4.98 Å². The molecule has 0 unspecified atom stereocenters. The number of fused-ring (bicyclic) bond motifs is 1. The zero-order valence-corrected chi connectivity index (χ0v) is 15.5. The van der Waals surface area contributed by atoms with Crippen molar-refractivity contribution in [2.45, 2.75) is 0 Å². The van der Waals surface area contributed by atoms with Gasteiger partial charge in [-0.3, -0.25) is 0 Å². The summed E-state index contributed by atoms with van der Waals surface area (Å²) in [4.78, 5) is 7.70. The molecule has 0 aliphatic rings. The van der Waals surface area contributed by atoms with Crippen molar-refractivity contribution in [1.29, 1.82) is 5.26 Å². The van der Waals surface area contributed by atoms with Gasteiger partial charge in [0.1, 0.15) is 17.5 Å². The van der Waals surface area contributed by atoms with Crippen molar-refractivity contribution in [3.63, 3.8) is 0 Å². The summed E-state index contributed by atoms with van der Waals surface area (Å²) >= 11 is 0. The lowest BCUT2D eigenvalue weighted by atomic mass is 9.97. The number of pyridine rings is 1. The van der Waals surface area contributed by atoms with Crippen molar-refractivity contribution >= 4 is 16.7 Å². The van der Waals surface area contributed by atoms with Gasteiger partial charge < -0.3 is 20.2 Å². The van der Waals surface area contributed by atoms with Crippen molar-refractivity contribution in [3.8, 4) is 40.0 Å². The van der Waals surface area contributed by atoms with Crippen LogP contribution in [-0.2, 0) is 0 Å². The number of rotatable bonds is 4. The van der Waals surface area contributed by atoms with E-state index in [4.69, 9.17) is 15.2 Å². The summed E-state index contributed by atoms with van der Waals surface area (Å²) < 4.78 is 10.9. The molecule has 0 fully saturated rings. The maximum Gasteiger partial charge on any atom is 0.170 e. The molecule has 0 saturated heterocycles. The highest BCUT2D eigenvalue weighted by Gasteiger charge is 2.19. The van der Waals surface area contributed by atoms with E-state index in [0.717, 1.165) is 22.0 Å². The summed E-state index contributed by atoms with van der Waals surface area (Å²) in [6.45, 7) is 0. The molecule has 2 aromatic heterocycles. The maximum absolute atomic E-state index is 9.69. The van der Waals surface area contributed by atoms with E-state index in [9.17, 15) is 5.26 Å². The number of methoxy groups -OCH3 is 2. The zero-order valence-electron chi connectivity index (χ0n) is 15.5. The third-order valence-electron chi connectivity index (χ3n) is 4.72. The number of H-pyrrole nitrogens is 1. The number of nitrogen functional groups attached to an aromatic ring is 1. The summed E-state index contributed by atoms with van der Waals surface area (Å²) in [6, 6.07) is 17.5. The Hall–Kier alpha value is -3.98. The molecule has 2 aromatic carbocycles. The number of para-hydroxylation sites is 2. The molecule has 6 heteroatoms. The van der Waals surface area contributed by atoms with Crippen molar-refractivity contribution in [2.75, 3.05) is 20.0 Å². The van der Waals surface area contributed by atoms with Gasteiger partial charge in [-0.05, 0) is 24.3 Å². The number of benzene rings is 2. The minimum absolute atomic E-state index is 0.171. The quantitative estimate of drug-likeness (QED) is 0.556. The lowest BCUT2D eigenvalue weighted by Gasteiger charge is -2.14. The first-order valence-electron chi connectivity index (χ1n) is 8.66. The largest absolute Gasteiger partial charge is 0.493 e. The molecule has 0 radical (unpaired) electrons. The molecule has 0 aliphatic carbocycles. The van der Waals surface area contributed by atoms with Crippen LogP contribution in [0.3, 0.4) is 0 Å². The van der Waals surface area contributed by atoms with Gasteiger partial charge in [0.25, 0.3) is 0 Å². The summed E-state index contributed by atoms with van der Waals surface area (Å²) in [7, 11) is 3.16. The third-order valence-corrected chi connectivity index (χ3v) is 4.72. The standard InChI is InChI=1S/C22H18N4O2/c1-27-20-9-5-7-14(21(20)28-2)19-10-15(16(11-23)22(24)26-19)17-12-25-18-8-4-3-6-13(17)18/h3-10,12,25H,1-2H3,(H2,24,26). The predicted molar refractivity (Wildman–Crippen MR) is 109 cm³/mol. The fraction of sp³-hybridized carbons (Fsp3) is 0.0909. The fourth-order valence-corrected chi connectivity index (χ4v) is 3.42. The van der Waals surface area contributed by atoms with Crippen LogP contribution in [0.2, 0.25) is 0 Å². The van der Waals surface area contributed by atoms with E-state index in [1.165, 1.54) is 0 Å². The van der Waals surface area contributed by atoms with Crippen LogP contribution in [0.5, 0.6) is 11.5 Å². The lowest BCUT2D eigenvalue weighted by molar-refractivity contribution is 0.356. The van der Waals surface area contributed by atoms with Gasteiger partial charge >= 0.3 is 0 Å². The van der Waals surface area contributed by atoms with Crippen LogP contribution < -0.4 is 15.2 Å². The second kappa shape index (κ2) is 6.97. The molecule has 3 N–H and O–H groups in total. The van der Waals surface area contributed by atoms with Crippen LogP contribution in [0.1, 0.15) is 5.56 Å². The first kappa shape index (κ1) is 17.4. The Morgan fingerprint density at radius 1 is 1.00 bits per heavy atom. The normalized spacial score (nSPS) is 10.6. The Morgan fingerprint density at radius 3 is 2.57 bits per heavy atom. The first-order chi connectivity index (χ1) is 13.7. The van der Waals surface area contributed by atoms with Crippen molar-refractivity contribution < 1.29 is 9.47 Å². The number of aromatic nitrogens is 2. The molecule has 0 spiro atoms. The fourth-order valence-electron chi connectivity index (χ4n) is 3.42. The number of anilines is 1. The molecule has 0 aliphatic heterocycles. The average molecular weight is 370 g/mol. The number of hydrogen-bond donors (Lipinski definition) is 2. The Balaban J connectivity index is 2.00. The topological polar surface area (TPSA) is 97.0 Å². The molecule has 0 atom stereocenters. The Labute approximate surface area is 162 Å². The molecule has 6 nitrogen and oxygen atoms in total. The average Bonchev–Trinajstić information content (AvgIpc) is 3.16. The van der Waals surface area contributed by atoms with Gasteiger partial charge in [-0.2, -0.15) is 5.26 Å². The molecular formula is C22H18N4O2. The number of hydrogen-bond acceptors (Lipinski definition) is 5. The smallest absolute Gasteiger partial charge is 0.170 e. The van der Waals surface area contributed by atoms with Gasteiger partial charge in [-0.1, -0.05) is 24.3 Å². The minimum atomic E-state index is 0.171. The highest BCUT2D eigenvalue weighted by Crippen LogP contribution is 2.40. The number of aromatic amines is 1. The van der Waals surface area contributed by atoms with Gasteiger partial charge in [0.05, 0.1) is 19.9 Å². The van der Waals surface area contributed by atoms with Gasteiger partial charge in [-0.15, -0.1) is 0 Å². The SMILES string of the molecule is COc1cccc(-c2cc(-c3c[nH]c4ccccc34)c(C#N)c(N)n2)c1OC. The maximum atomic E-state index is 9.69. The second-order valence-corrected chi connectivity index (χ2v) is 6.22. The summed E-state index contributed by atoms with van der Waals surface area (Å²) in [6.07, 6.45) is 1.88.